The Labute approximate surface area is 178 Å². The molecule has 0 unspecified atom stereocenters. The average molecular weight is 382 g/mol. The molecule has 2 aliphatic rings. The summed E-state index contributed by atoms with van der Waals surface area (Å²) in [5, 5.41) is 22.4. The second-order valence-corrected chi connectivity index (χ2v) is 6.31. The number of hydrogen-bond donors (Lipinski definition) is 2. The van der Waals surface area contributed by atoms with Crippen LogP contribution in [0.25, 0.3) is 0 Å². The second kappa shape index (κ2) is 9.25. The van der Waals surface area contributed by atoms with Crippen LogP contribution in [-0.2, 0) is 20.9 Å². The fourth-order valence-corrected chi connectivity index (χ4v) is 2.64. The number of carboxylic acid groups (broad SMARTS) is 1. The fourth-order valence-electron chi connectivity index (χ4n) is 2.64. The zero-order valence-electron chi connectivity index (χ0n) is 15.1. The molecule has 1 fully saturated rings. The fraction of sp³-hybridized carbons (Fsp3) is 0.389. The number of aliphatic hydroxyl groups is 1. The largest absolute Gasteiger partial charge is 1.00 e. The van der Waals surface area contributed by atoms with Crippen LogP contribution in [0.3, 0.4) is 0 Å². The number of benzene rings is 1. The van der Waals surface area contributed by atoms with E-state index in [2.05, 4.69) is 0 Å². The molecule has 8 nitrogen and oxygen atoms in total. The number of rotatable bonds is 7. The molecule has 2 amide bonds. The summed E-state index contributed by atoms with van der Waals surface area (Å²) in [5.41, 5.74) is 0.434. The van der Waals surface area contributed by atoms with Crippen LogP contribution >= 0.6 is 0 Å². The van der Waals surface area contributed by atoms with Gasteiger partial charge in [0, 0.05) is 19.5 Å². The second-order valence-electron chi connectivity index (χ2n) is 6.31. The zero-order chi connectivity index (χ0) is 18.7. The van der Waals surface area contributed by atoms with Gasteiger partial charge in [-0.25, -0.2) is 0 Å². The van der Waals surface area contributed by atoms with Gasteiger partial charge in [-0.05, 0) is 30.5 Å². The van der Waals surface area contributed by atoms with E-state index in [0.717, 1.165) is 24.2 Å². The summed E-state index contributed by atoms with van der Waals surface area (Å²) in [4.78, 5) is 36.4. The predicted octanol–water partition coefficient (Wildman–Crippen LogP) is -3.36. The summed E-state index contributed by atoms with van der Waals surface area (Å²) >= 11 is 0. The molecule has 1 aromatic rings. The standard InChI is InChI=1S/C18H20N2O6.Na/c21-14-7-8-20(18(25)16(14)17(24)19-9-15(22)23)10-11-1-3-12(4-2-11)26-13-5-6-13;/h1-4,13,21H,5-10H2,(H,19,24)(H,22,23);/q;+1/p-1. The third-order valence-corrected chi connectivity index (χ3v) is 4.15. The number of ether oxygens (including phenoxy) is 1. The van der Waals surface area contributed by atoms with Gasteiger partial charge in [0.25, 0.3) is 11.8 Å². The van der Waals surface area contributed by atoms with Crippen molar-refractivity contribution in [3.63, 3.8) is 0 Å². The Morgan fingerprint density at radius 3 is 2.52 bits per heavy atom. The number of hydrogen-bond acceptors (Lipinski definition) is 6. The third kappa shape index (κ3) is 5.72. The Morgan fingerprint density at radius 2 is 1.93 bits per heavy atom. The van der Waals surface area contributed by atoms with Crippen molar-refractivity contribution in [2.45, 2.75) is 31.9 Å². The Kier molecular flexibility index (Phi) is 7.29. The van der Waals surface area contributed by atoms with Crippen molar-refractivity contribution in [2.75, 3.05) is 13.1 Å². The number of carboxylic acids is 1. The molecule has 2 N–H and O–H groups in total. The van der Waals surface area contributed by atoms with Crippen molar-refractivity contribution in [3.05, 3.63) is 41.2 Å². The summed E-state index contributed by atoms with van der Waals surface area (Å²) in [6.07, 6.45) is 2.58. The van der Waals surface area contributed by atoms with Crippen LogP contribution in [0.4, 0.5) is 0 Å². The number of nitrogens with zero attached hydrogens (tertiary/aromatic N) is 1. The van der Waals surface area contributed by atoms with E-state index in [1.165, 1.54) is 4.90 Å². The smallest absolute Gasteiger partial charge is 0.548 e. The summed E-state index contributed by atoms with van der Waals surface area (Å²) in [7, 11) is 0. The molecule has 0 spiro atoms. The van der Waals surface area contributed by atoms with Gasteiger partial charge in [0.2, 0.25) is 0 Å². The van der Waals surface area contributed by atoms with E-state index in [0.29, 0.717) is 6.10 Å². The van der Waals surface area contributed by atoms with Crippen molar-refractivity contribution in [1.82, 2.24) is 10.2 Å². The van der Waals surface area contributed by atoms with Crippen LogP contribution in [0, 0.1) is 0 Å². The normalized spacial score (nSPS) is 16.6. The molecule has 1 aromatic carbocycles. The Bertz CT molecular complexity index is 758. The molecule has 9 heteroatoms. The molecular formula is C18H19N2NaO6. The number of carbonyl (C=O) groups is 3. The number of amides is 2. The van der Waals surface area contributed by atoms with Crippen LogP contribution in [0.15, 0.2) is 35.6 Å². The third-order valence-electron chi connectivity index (χ3n) is 4.15. The monoisotopic (exact) mass is 382 g/mol. The minimum Gasteiger partial charge on any atom is -0.548 e. The van der Waals surface area contributed by atoms with E-state index >= 15 is 0 Å². The number of carbonyl (C=O) groups excluding carboxylic acids is 3. The first-order chi connectivity index (χ1) is 12.4. The zero-order valence-corrected chi connectivity index (χ0v) is 17.1. The molecule has 1 aliphatic carbocycles. The van der Waals surface area contributed by atoms with Gasteiger partial charge in [-0.2, -0.15) is 0 Å². The maximum atomic E-state index is 12.5. The minimum absolute atomic E-state index is 0. The molecule has 0 atom stereocenters. The van der Waals surface area contributed by atoms with Gasteiger partial charge in [0.15, 0.2) is 0 Å². The number of aliphatic hydroxyl groups excluding tert-OH is 1. The topological polar surface area (TPSA) is 119 Å². The molecular weight excluding hydrogens is 363 g/mol. The quantitative estimate of drug-likeness (QED) is 0.376. The maximum absolute atomic E-state index is 12.5. The molecule has 27 heavy (non-hydrogen) atoms. The van der Waals surface area contributed by atoms with Gasteiger partial charge in [-0.15, -0.1) is 0 Å². The minimum atomic E-state index is -1.48. The predicted molar refractivity (Wildman–Crippen MR) is 87.8 cm³/mol. The van der Waals surface area contributed by atoms with Crippen LogP contribution in [0.5, 0.6) is 5.75 Å². The molecule has 0 bridgehead atoms. The molecule has 0 aromatic heterocycles. The van der Waals surface area contributed by atoms with Gasteiger partial charge in [0.1, 0.15) is 17.1 Å². The van der Waals surface area contributed by atoms with Gasteiger partial charge in [-0.3, -0.25) is 9.59 Å². The van der Waals surface area contributed by atoms with Crippen molar-refractivity contribution in [2.24, 2.45) is 0 Å². The summed E-state index contributed by atoms with van der Waals surface area (Å²) in [6, 6.07) is 7.36. The first-order valence-electron chi connectivity index (χ1n) is 8.39. The SMILES string of the molecule is O=C([O-])CNC(=O)C1=C(O)CCN(Cc2ccc(OC3CC3)cc2)C1=O.[Na+]. The Hall–Kier alpha value is -2.03. The molecule has 0 saturated heterocycles. The van der Waals surface area contributed by atoms with E-state index < -0.39 is 29.9 Å². The van der Waals surface area contributed by atoms with E-state index in [1.807, 2.05) is 29.6 Å². The number of aliphatic carboxylic acids is 1. The van der Waals surface area contributed by atoms with Gasteiger partial charge in [0.05, 0.1) is 18.6 Å². The Morgan fingerprint density at radius 1 is 1.26 bits per heavy atom. The summed E-state index contributed by atoms with van der Waals surface area (Å²) in [6.45, 7) is -0.194. The van der Waals surface area contributed by atoms with Crippen molar-refractivity contribution in [3.8, 4) is 5.75 Å². The van der Waals surface area contributed by atoms with Gasteiger partial charge < -0.3 is 30.0 Å². The first kappa shape index (κ1) is 21.3. The van der Waals surface area contributed by atoms with Crippen molar-refractivity contribution in [1.29, 1.82) is 0 Å². The summed E-state index contributed by atoms with van der Waals surface area (Å²) in [5.74, 6) is -2.60. The first-order valence-corrected chi connectivity index (χ1v) is 8.39. The summed E-state index contributed by atoms with van der Waals surface area (Å²) < 4.78 is 5.67. The van der Waals surface area contributed by atoms with E-state index in [4.69, 9.17) is 4.74 Å². The van der Waals surface area contributed by atoms with E-state index in [9.17, 15) is 24.6 Å². The van der Waals surface area contributed by atoms with E-state index in [-0.39, 0.29) is 54.8 Å². The molecule has 138 valence electrons. The van der Waals surface area contributed by atoms with Crippen LogP contribution < -0.4 is 44.7 Å². The number of nitrogens with one attached hydrogen (secondary N) is 1. The van der Waals surface area contributed by atoms with E-state index in [1.54, 1.807) is 0 Å². The molecule has 3 rings (SSSR count). The molecule has 1 saturated carbocycles. The van der Waals surface area contributed by atoms with Crippen LogP contribution in [0.2, 0.25) is 0 Å². The molecule has 1 heterocycles. The average Bonchev–Trinajstić information content (AvgIpc) is 3.41. The van der Waals surface area contributed by atoms with Crippen molar-refractivity contribution < 1.29 is 58.9 Å². The van der Waals surface area contributed by atoms with Crippen molar-refractivity contribution >= 4 is 17.8 Å². The Balaban J connectivity index is 0.00000261. The maximum Gasteiger partial charge on any atom is 1.00 e. The molecule has 1 aliphatic heterocycles. The van der Waals surface area contributed by atoms with Gasteiger partial charge in [-0.1, -0.05) is 12.1 Å². The van der Waals surface area contributed by atoms with Gasteiger partial charge >= 0.3 is 29.6 Å². The van der Waals surface area contributed by atoms with Crippen LogP contribution in [0.1, 0.15) is 24.8 Å². The van der Waals surface area contributed by atoms with Crippen LogP contribution in [-0.4, -0.2) is 47.0 Å². The molecule has 0 radical (unpaired) electrons.